The lowest BCUT2D eigenvalue weighted by molar-refractivity contribution is 0.327. The number of halogens is 1. The minimum Gasteiger partial charge on any atom is -0.324 e. The molecule has 17 heavy (non-hydrogen) atoms. The molecule has 0 spiro atoms. The average Bonchev–Trinajstić information content (AvgIpc) is 2.14. The summed E-state index contributed by atoms with van der Waals surface area (Å²) in [4.78, 5) is 0.331. The molecule has 2 N–H and O–H groups in total. The van der Waals surface area contributed by atoms with Crippen molar-refractivity contribution >= 4 is 22.2 Å². The monoisotopic (exact) mass is 277 g/mol. The van der Waals surface area contributed by atoms with E-state index in [1.54, 1.807) is 24.3 Å². The minimum atomic E-state index is -3.12. The van der Waals surface area contributed by atoms with Crippen LogP contribution < -0.4 is 5.73 Å². The summed E-state index contributed by atoms with van der Waals surface area (Å²) < 4.78 is 22.6. The molecule has 1 aromatic carbocycles. The van der Waals surface area contributed by atoms with Crippen molar-refractivity contribution in [3.05, 3.63) is 29.8 Å². The number of benzene rings is 1. The van der Waals surface area contributed by atoms with E-state index in [-0.39, 0.29) is 23.9 Å². The van der Waals surface area contributed by atoms with Crippen molar-refractivity contribution < 1.29 is 8.42 Å². The van der Waals surface area contributed by atoms with E-state index >= 15 is 0 Å². The Kier molecular flexibility index (Phi) is 5.19. The zero-order valence-electron chi connectivity index (χ0n) is 10.6. The molecule has 0 bridgehead atoms. The van der Waals surface area contributed by atoms with Crippen molar-refractivity contribution in [3.8, 4) is 0 Å². The van der Waals surface area contributed by atoms with Gasteiger partial charge < -0.3 is 5.73 Å². The standard InChI is InChI=1S/C12H19NO2S.ClH/c1-12(2,3)11(13)9-5-7-10(8-6-9)16(4,14)15;/h5-8,11H,13H2,1-4H3;1H/t11-;/m1./s1. The molecule has 3 nitrogen and oxygen atoms in total. The lowest BCUT2D eigenvalue weighted by Gasteiger charge is -2.27. The maximum absolute atomic E-state index is 11.3. The van der Waals surface area contributed by atoms with E-state index in [0.29, 0.717) is 4.90 Å². The molecule has 1 atom stereocenters. The van der Waals surface area contributed by atoms with E-state index in [9.17, 15) is 8.42 Å². The molecular formula is C12H20ClNO2S. The third-order valence-electron chi connectivity index (χ3n) is 2.60. The molecule has 0 saturated heterocycles. The van der Waals surface area contributed by atoms with E-state index < -0.39 is 9.84 Å². The van der Waals surface area contributed by atoms with E-state index in [2.05, 4.69) is 20.8 Å². The van der Waals surface area contributed by atoms with Gasteiger partial charge in [0.05, 0.1) is 4.90 Å². The second kappa shape index (κ2) is 5.38. The van der Waals surface area contributed by atoms with Crippen LogP contribution in [0.2, 0.25) is 0 Å². The molecule has 0 aliphatic heterocycles. The highest BCUT2D eigenvalue weighted by Gasteiger charge is 2.22. The van der Waals surface area contributed by atoms with Crippen molar-refractivity contribution in [1.29, 1.82) is 0 Å². The Balaban J connectivity index is 0.00000256. The molecule has 98 valence electrons. The summed E-state index contributed by atoms with van der Waals surface area (Å²) >= 11 is 0. The van der Waals surface area contributed by atoms with E-state index in [4.69, 9.17) is 5.73 Å². The van der Waals surface area contributed by atoms with Gasteiger partial charge in [-0.15, -0.1) is 12.4 Å². The quantitative estimate of drug-likeness (QED) is 0.904. The van der Waals surface area contributed by atoms with Gasteiger partial charge in [0.25, 0.3) is 0 Å². The Labute approximate surface area is 110 Å². The van der Waals surface area contributed by atoms with Gasteiger partial charge in [-0.05, 0) is 23.1 Å². The largest absolute Gasteiger partial charge is 0.324 e. The Bertz CT molecular complexity index is 460. The Morgan fingerprint density at radius 1 is 1.12 bits per heavy atom. The molecule has 5 heteroatoms. The molecule has 0 unspecified atom stereocenters. The molecule has 0 aromatic heterocycles. The van der Waals surface area contributed by atoms with Crippen LogP contribution >= 0.6 is 12.4 Å². The summed E-state index contributed by atoms with van der Waals surface area (Å²) in [5.41, 5.74) is 7.00. The highest BCUT2D eigenvalue weighted by molar-refractivity contribution is 7.90. The fourth-order valence-electron chi connectivity index (χ4n) is 1.42. The molecule has 0 aliphatic rings. The first-order chi connectivity index (χ1) is 7.12. The molecule has 0 saturated carbocycles. The fourth-order valence-corrected chi connectivity index (χ4v) is 2.05. The number of hydrogen-bond donors (Lipinski definition) is 1. The average molecular weight is 278 g/mol. The summed E-state index contributed by atoms with van der Waals surface area (Å²) in [6, 6.07) is 6.69. The van der Waals surface area contributed by atoms with Gasteiger partial charge >= 0.3 is 0 Å². The summed E-state index contributed by atoms with van der Waals surface area (Å²) in [6.07, 6.45) is 1.20. The maximum Gasteiger partial charge on any atom is 0.175 e. The lowest BCUT2D eigenvalue weighted by Crippen LogP contribution is -2.26. The smallest absolute Gasteiger partial charge is 0.175 e. The SMILES string of the molecule is CC(C)(C)[C@H](N)c1ccc(S(C)(=O)=O)cc1.Cl. The van der Waals surface area contributed by atoms with Crippen LogP contribution in [0.3, 0.4) is 0 Å². The van der Waals surface area contributed by atoms with Crippen molar-refractivity contribution in [3.63, 3.8) is 0 Å². The fraction of sp³-hybridized carbons (Fsp3) is 0.500. The van der Waals surface area contributed by atoms with Gasteiger partial charge in [0, 0.05) is 12.3 Å². The summed E-state index contributed by atoms with van der Waals surface area (Å²) in [5.74, 6) is 0. The second-order valence-corrected chi connectivity index (χ2v) is 7.20. The van der Waals surface area contributed by atoms with E-state index in [1.165, 1.54) is 6.26 Å². The zero-order chi connectivity index (χ0) is 12.6. The van der Waals surface area contributed by atoms with Crippen LogP contribution in [0, 0.1) is 5.41 Å². The Hall–Kier alpha value is -0.580. The number of rotatable bonds is 2. The zero-order valence-corrected chi connectivity index (χ0v) is 12.2. The van der Waals surface area contributed by atoms with Gasteiger partial charge in [0.2, 0.25) is 0 Å². The van der Waals surface area contributed by atoms with Gasteiger partial charge in [0.1, 0.15) is 0 Å². The second-order valence-electron chi connectivity index (χ2n) is 5.18. The van der Waals surface area contributed by atoms with Crippen LogP contribution in [0.4, 0.5) is 0 Å². The van der Waals surface area contributed by atoms with Gasteiger partial charge in [0.15, 0.2) is 9.84 Å². The number of nitrogens with two attached hydrogens (primary N) is 1. The molecule has 0 aliphatic carbocycles. The lowest BCUT2D eigenvalue weighted by atomic mass is 9.83. The van der Waals surface area contributed by atoms with Crippen LogP contribution in [0.25, 0.3) is 0 Å². The predicted octanol–water partition coefficient (Wildman–Crippen LogP) is 2.56. The van der Waals surface area contributed by atoms with Crippen LogP contribution in [0.1, 0.15) is 32.4 Å². The molecule has 0 fully saturated rings. The van der Waals surface area contributed by atoms with Crippen LogP contribution in [0.15, 0.2) is 29.2 Å². The molecule has 0 amide bonds. The molecular weight excluding hydrogens is 258 g/mol. The highest BCUT2D eigenvalue weighted by atomic mass is 35.5. The van der Waals surface area contributed by atoms with Gasteiger partial charge in [-0.3, -0.25) is 0 Å². The molecule has 1 aromatic rings. The summed E-state index contributed by atoms with van der Waals surface area (Å²) in [7, 11) is -3.12. The highest BCUT2D eigenvalue weighted by Crippen LogP contribution is 2.30. The number of sulfone groups is 1. The van der Waals surface area contributed by atoms with Crippen LogP contribution in [-0.2, 0) is 9.84 Å². The molecule has 1 rings (SSSR count). The van der Waals surface area contributed by atoms with Crippen LogP contribution in [-0.4, -0.2) is 14.7 Å². The van der Waals surface area contributed by atoms with Crippen molar-refractivity contribution in [2.45, 2.75) is 31.7 Å². The minimum absolute atomic E-state index is 0. The predicted molar refractivity (Wildman–Crippen MR) is 73.2 cm³/mol. The normalized spacial score (nSPS) is 13.9. The summed E-state index contributed by atoms with van der Waals surface area (Å²) in [5, 5.41) is 0. The molecule has 0 radical (unpaired) electrons. The third-order valence-corrected chi connectivity index (χ3v) is 3.73. The molecule has 0 heterocycles. The van der Waals surface area contributed by atoms with Gasteiger partial charge in [-0.2, -0.15) is 0 Å². The first-order valence-electron chi connectivity index (χ1n) is 5.18. The first kappa shape index (κ1) is 16.4. The first-order valence-corrected chi connectivity index (χ1v) is 7.07. The van der Waals surface area contributed by atoms with Crippen molar-refractivity contribution in [2.75, 3.05) is 6.26 Å². The summed E-state index contributed by atoms with van der Waals surface area (Å²) in [6.45, 7) is 6.17. The Morgan fingerprint density at radius 2 is 1.53 bits per heavy atom. The van der Waals surface area contributed by atoms with Crippen LogP contribution in [0.5, 0.6) is 0 Å². The van der Waals surface area contributed by atoms with Crippen molar-refractivity contribution in [2.24, 2.45) is 11.1 Å². The van der Waals surface area contributed by atoms with E-state index in [1.807, 2.05) is 0 Å². The van der Waals surface area contributed by atoms with Gasteiger partial charge in [-0.1, -0.05) is 32.9 Å². The third kappa shape index (κ3) is 4.30. The van der Waals surface area contributed by atoms with Crippen molar-refractivity contribution in [1.82, 2.24) is 0 Å². The van der Waals surface area contributed by atoms with Gasteiger partial charge in [-0.25, -0.2) is 8.42 Å². The topological polar surface area (TPSA) is 60.2 Å². The van der Waals surface area contributed by atoms with E-state index in [0.717, 1.165) is 5.56 Å². The number of hydrogen-bond acceptors (Lipinski definition) is 3. The Morgan fingerprint density at radius 3 is 1.82 bits per heavy atom. The maximum atomic E-state index is 11.3.